The van der Waals surface area contributed by atoms with Crippen LogP contribution in [0.5, 0.6) is 0 Å². The number of hydrogen-bond donors (Lipinski definition) is 0. The molecule has 0 atom stereocenters. The zero-order chi connectivity index (χ0) is 12.9. The topological polar surface area (TPSA) is 61.3 Å². The Bertz CT molecular complexity index is 373. The highest BCUT2D eigenvalue weighted by molar-refractivity contribution is 6.29. The third-order valence-corrected chi connectivity index (χ3v) is 1.89. The highest BCUT2D eigenvalue weighted by Crippen LogP contribution is 2.06. The summed E-state index contributed by atoms with van der Waals surface area (Å²) in [7, 11) is 0. The number of halogens is 1. The highest BCUT2D eigenvalue weighted by atomic mass is 35.5. The van der Waals surface area contributed by atoms with Gasteiger partial charge >= 0.3 is 5.97 Å². The molecular formula is C11H15ClN2O3. The molecule has 0 saturated carbocycles. The smallest absolute Gasteiger partial charge is 0.358 e. The Kier molecular flexibility index (Phi) is 4.84. The third-order valence-electron chi connectivity index (χ3n) is 1.69. The van der Waals surface area contributed by atoms with E-state index in [-0.39, 0.29) is 23.1 Å². The summed E-state index contributed by atoms with van der Waals surface area (Å²) in [6.07, 6.45) is 0. The van der Waals surface area contributed by atoms with Gasteiger partial charge < -0.3 is 9.47 Å². The van der Waals surface area contributed by atoms with Gasteiger partial charge in [-0.1, -0.05) is 11.6 Å². The van der Waals surface area contributed by atoms with Crippen molar-refractivity contribution in [3.63, 3.8) is 0 Å². The summed E-state index contributed by atoms with van der Waals surface area (Å²) in [4.78, 5) is 11.5. The Hall–Kier alpha value is -1.20. The van der Waals surface area contributed by atoms with Crippen molar-refractivity contribution in [1.82, 2.24) is 10.2 Å². The first-order chi connectivity index (χ1) is 7.88. The van der Waals surface area contributed by atoms with Gasteiger partial charge in [0, 0.05) is 0 Å². The van der Waals surface area contributed by atoms with Gasteiger partial charge in [0.2, 0.25) is 0 Å². The summed E-state index contributed by atoms with van der Waals surface area (Å²) in [5.41, 5.74) is -0.114. The summed E-state index contributed by atoms with van der Waals surface area (Å²) < 4.78 is 10.4. The van der Waals surface area contributed by atoms with Crippen molar-refractivity contribution < 1.29 is 14.3 Å². The number of aromatic nitrogens is 2. The van der Waals surface area contributed by atoms with Crippen LogP contribution in [0.4, 0.5) is 0 Å². The lowest BCUT2D eigenvalue weighted by molar-refractivity contribution is -0.0283. The van der Waals surface area contributed by atoms with E-state index in [0.29, 0.717) is 6.61 Å². The molecule has 94 valence electrons. The lowest BCUT2D eigenvalue weighted by Gasteiger charge is -2.19. The van der Waals surface area contributed by atoms with Gasteiger partial charge in [0.1, 0.15) is 6.61 Å². The van der Waals surface area contributed by atoms with E-state index in [9.17, 15) is 4.79 Å². The number of rotatable bonds is 4. The molecule has 0 amide bonds. The normalized spacial score (nSPS) is 11.3. The van der Waals surface area contributed by atoms with Crippen LogP contribution >= 0.6 is 11.6 Å². The number of carbonyl (C=O) groups is 1. The first-order valence-corrected chi connectivity index (χ1v) is 5.56. The second-order valence-electron chi connectivity index (χ2n) is 4.34. The number of ether oxygens (including phenoxy) is 2. The highest BCUT2D eigenvalue weighted by Gasteiger charge is 2.12. The monoisotopic (exact) mass is 258 g/mol. The third kappa shape index (κ3) is 5.60. The van der Waals surface area contributed by atoms with Crippen LogP contribution in [0, 0.1) is 0 Å². The average Bonchev–Trinajstić information content (AvgIpc) is 2.24. The van der Waals surface area contributed by atoms with E-state index in [1.165, 1.54) is 12.1 Å². The molecule has 0 fully saturated rings. The van der Waals surface area contributed by atoms with Crippen LogP contribution in [-0.4, -0.2) is 35.0 Å². The van der Waals surface area contributed by atoms with Gasteiger partial charge in [-0.05, 0) is 32.9 Å². The molecule has 0 bridgehead atoms. The van der Waals surface area contributed by atoms with Crippen molar-refractivity contribution >= 4 is 17.6 Å². The van der Waals surface area contributed by atoms with Crippen LogP contribution in [0.3, 0.4) is 0 Å². The predicted molar refractivity (Wildman–Crippen MR) is 63.0 cm³/mol. The Morgan fingerprint density at radius 2 is 2.00 bits per heavy atom. The minimum atomic E-state index is -0.535. The van der Waals surface area contributed by atoms with Crippen molar-refractivity contribution in [3.8, 4) is 0 Å². The molecule has 1 rings (SSSR count). The van der Waals surface area contributed by atoms with Gasteiger partial charge in [-0.3, -0.25) is 0 Å². The van der Waals surface area contributed by atoms with Crippen molar-refractivity contribution in [1.29, 1.82) is 0 Å². The van der Waals surface area contributed by atoms with Crippen molar-refractivity contribution in [3.05, 3.63) is 23.0 Å². The molecule has 1 aromatic heterocycles. The first kappa shape index (κ1) is 13.9. The van der Waals surface area contributed by atoms with Crippen molar-refractivity contribution in [2.24, 2.45) is 0 Å². The van der Waals surface area contributed by atoms with E-state index in [4.69, 9.17) is 21.1 Å². The molecule has 0 saturated heterocycles. The van der Waals surface area contributed by atoms with E-state index in [2.05, 4.69) is 10.2 Å². The molecule has 1 heterocycles. The van der Waals surface area contributed by atoms with E-state index < -0.39 is 5.97 Å². The molecule has 0 spiro atoms. The molecule has 1 aromatic rings. The van der Waals surface area contributed by atoms with Crippen LogP contribution in [0.25, 0.3) is 0 Å². The van der Waals surface area contributed by atoms with Crippen LogP contribution in [0.1, 0.15) is 31.3 Å². The Labute approximate surface area is 105 Å². The molecule has 0 aliphatic heterocycles. The van der Waals surface area contributed by atoms with Crippen LogP contribution in [0.2, 0.25) is 5.15 Å². The minimum absolute atomic E-state index is 0.130. The van der Waals surface area contributed by atoms with Gasteiger partial charge in [0.05, 0.1) is 12.2 Å². The molecular weight excluding hydrogens is 244 g/mol. The van der Waals surface area contributed by atoms with E-state index >= 15 is 0 Å². The molecule has 0 aliphatic rings. The van der Waals surface area contributed by atoms with Crippen LogP contribution in [0.15, 0.2) is 12.1 Å². The standard InChI is InChI=1S/C11H15ClN2O3/c1-11(2,3)17-7-6-16-10(15)8-4-5-9(12)14-13-8/h4-5H,6-7H2,1-3H3. The Morgan fingerprint density at radius 1 is 1.29 bits per heavy atom. The summed E-state index contributed by atoms with van der Waals surface area (Å²) in [5.74, 6) is -0.535. The second-order valence-corrected chi connectivity index (χ2v) is 4.73. The fourth-order valence-electron chi connectivity index (χ4n) is 0.981. The number of carbonyl (C=O) groups excluding carboxylic acids is 1. The molecule has 6 heteroatoms. The van der Waals surface area contributed by atoms with Crippen LogP contribution < -0.4 is 0 Å². The molecule has 0 aliphatic carbocycles. The number of hydrogen-bond acceptors (Lipinski definition) is 5. The number of nitrogens with zero attached hydrogens (tertiary/aromatic N) is 2. The quantitative estimate of drug-likeness (QED) is 0.611. The van der Waals surface area contributed by atoms with Gasteiger partial charge in [-0.15, -0.1) is 10.2 Å². The molecule has 0 radical (unpaired) electrons. The SMILES string of the molecule is CC(C)(C)OCCOC(=O)c1ccc(Cl)nn1. The summed E-state index contributed by atoms with van der Waals surface area (Å²) in [6.45, 7) is 6.31. The predicted octanol–water partition coefficient (Wildman–Crippen LogP) is 2.10. The lowest BCUT2D eigenvalue weighted by Crippen LogP contribution is -2.22. The van der Waals surface area contributed by atoms with E-state index in [1.54, 1.807) is 0 Å². The van der Waals surface area contributed by atoms with Crippen molar-refractivity contribution in [2.45, 2.75) is 26.4 Å². The molecule has 0 unspecified atom stereocenters. The maximum absolute atomic E-state index is 11.5. The molecule has 17 heavy (non-hydrogen) atoms. The fraction of sp³-hybridized carbons (Fsp3) is 0.545. The van der Waals surface area contributed by atoms with Crippen LogP contribution in [-0.2, 0) is 9.47 Å². The zero-order valence-corrected chi connectivity index (χ0v) is 10.8. The summed E-state index contributed by atoms with van der Waals surface area (Å²) in [6, 6.07) is 2.94. The van der Waals surface area contributed by atoms with E-state index in [1.807, 2.05) is 20.8 Å². The maximum atomic E-state index is 11.5. The Balaban J connectivity index is 2.33. The minimum Gasteiger partial charge on any atom is -0.458 e. The Morgan fingerprint density at radius 3 is 2.53 bits per heavy atom. The van der Waals surface area contributed by atoms with Crippen molar-refractivity contribution in [2.75, 3.05) is 13.2 Å². The summed E-state index contributed by atoms with van der Waals surface area (Å²) >= 11 is 5.55. The second kappa shape index (κ2) is 5.93. The first-order valence-electron chi connectivity index (χ1n) is 5.19. The molecule has 5 nitrogen and oxygen atoms in total. The van der Waals surface area contributed by atoms with Gasteiger partial charge in [-0.2, -0.15) is 0 Å². The zero-order valence-electron chi connectivity index (χ0n) is 10.1. The largest absolute Gasteiger partial charge is 0.458 e. The fourth-order valence-corrected chi connectivity index (χ4v) is 1.08. The van der Waals surface area contributed by atoms with E-state index in [0.717, 1.165) is 0 Å². The molecule has 0 N–H and O–H groups in total. The number of esters is 1. The summed E-state index contributed by atoms with van der Waals surface area (Å²) in [5, 5.41) is 7.39. The van der Waals surface area contributed by atoms with Gasteiger partial charge in [0.25, 0.3) is 0 Å². The average molecular weight is 259 g/mol. The van der Waals surface area contributed by atoms with Gasteiger partial charge in [-0.25, -0.2) is 4.79 Å². The maximum Gasteiger partial charge on any atom is 0.358 e. The lowest BCUT2D eigenvalue weighted by atomic mass is 10.2. The van der Waals surface area contributed by atoms with Gasteiger partial charge in [0.15, 0.2) is 10.8 Å². The molecule has 0 aromatic carbocycles.